The molecule has 1 aromatic rings. The average Bonchev–Trinajstić information content (AvgIpc) is 2.18. The third kappa shape index (κ3) is 2.83. The van der Waals surface area contributed by atoms with E-state index in [2.05, 4.69) is 17.1 Å². The molecule has 0 atom stereocenters. The fourth-order valence-corrected chi connectivity index (χ4v) is 1.80. The molecule has 0 aliphatic carbocycles. The summed E-state index contributed by atoms with van der Waals surface area (Å²) in [4.78, 5) is 11.5. The Morgan fingerprint density at radius 1 is 1.50 bits per heavy atom. The molecule has 78 valence electrons. The summed E-state index contributed by atoms with van der Waals surface area (Å²) in [6, 6.07) is 0. The van der Waals surface area contributed by atoms with Crippen molar-refractivity contribution < 1.29 is 0 Å². The van der Waals surface area contributed by atoms with Gasteiger partial charge in [0.15, 0.2) is 5.16 Å². The summed E-state index contributed by atoms with van der Waals surface area (Å²) < 4.78 is 1.70. The fraction of sp³-hybridized carbons (Fsp3) is 0.667. The van der Waals surface area contributed by atoms with Crippen molar-refractivity contribution in [2.75, 3.05) is 5.75 Å². The minimum atomic E-state index is -0.0515. The topological polar surface area (TPSA) is 47.8 Å². The predicted molar refractivity (Wildman–Crippen MR) is 57.6 cm³/mol. The summed E-state index contributed by atoms with van der Waals surface area (Å²) in [5, 5.41) is 8.36. The third-order valence-corrected chi connectivity index (χ3v) is 2.67. The molecule has 1 heterocycles. The molecule has 0 bridgehead atoms. The molecule has 0 saturated heterocycles. The molecule has 0 unspecified atom stereocenters. The van der Waals surface area contributed by atoms with Gasteiger partial charge in [0.05, 0.1) is 0 Å². The molecule has 1 aromatic heterocycles. The lowest BCUT2D eigenvalue weighted by atomic mass is 10.3. The number of nitrogens with zero attached hydrogens (tertiary/aromatic N) is 3. The van der Waals surface area contributed by atoms with E-state index in [4.69, 9.17) is 0 Å². The SMILES string of the molecule is CCCCn1c(SCC)nncc1=O. The van der Waals surface area contributed by atoms with Gasteiger partial charge in [0.2, 0.25) is 0 Å². The van der Waals surface area contributed by atoms with Gasteiger partial charge in [0, 0.05) is 6.54 Å². The lowest BCUT2D eigenvalue weighted by Gasteiger charge is -2.07. The molecule has 0 aromatic carbocycles. The van der Waals surface area contributed by atoms with Crippen molar-refractivity contribution in [1.29, 1.82) is 0 Å². The molecule has 0 spiro atoms. The average molecular weight is 213 g/mol. The summed E-state index contributed by atoms with van der Waals surface area (Å²) in [7, 11) is 0. The second-order valence-electron chi connectivity index (χ2n) is 2.90. The highest BCUT2D eigenvalue weighted by Gasteiger charge is 2.04. The maximum Gasteiger partial charge on any atom is 0.272 e. The van der Waals surface area contributed by atoms with Gasteiger partial charge in [0.25, 0.3) is 5.56 Å². The predicted octanol–water partition coefficient (Wildman–Crippen LogP) is 1.55. The van der Waals surface area contributed by atoms with Crippen LogP contribution < -0.4 is 5.56 Å². The Morgan fingerprint density at radius 3 is 2.93 bits per heavy atom. The number of thioether (sulfide) groups is 1. The Hall–Kier alpha value is -0.840. The molecule has 0 fully saturated rings. The van der Waals surface area contributed by atoms with E-state index in [-0.39, 0.29) is 5.56 Å². The largest absolute Gasteiger partial charge is 0.285 e. The number of hydrogen-bond donors (Lipinski definition) is 0. The van der Waals surface area contributed by atoms with Gasteiger partial charge in [-0.3, -0.25) is 9.36 Å². The van der Waals surface area contributed by atoms with Crippen molar-refractivity contribution in [2.45, 2.75) is 38.4 Å². The molecule has 0 aliphatic rings. The van der Waals surface area contributed by atoms with E-state index in [9.17, 15) is 4.79 Å². The van der Waals surface area contributed by atoms with Gasteiger partial charge in [-0.2, -0.15) is 5.10 Å². The van der Waals surface area contributed by atoms with Gasteiger partial charge in [-0.25, -0.2) is 0 Å². The van der Waals surface area contributed by atoms with Crippen LogP contribution in [0.4, 0.5) is 0 Å². The normalized spacial score (nSPS) is 10.4. The zero-order chi connectivity index (χ0) is 10.4. The summed E-state index contributed by atoms with van der Waals surface area (Å²) in [5.74, 6) is 0.907. The van der Waals surface area contributed by atoms with Crippen molar-refractivity contribution in [3.05, 3.63) is 16.6 Å². The molecule has 5 heteroatoms. The zero-order valence-corrected chi connectivity index (χ0v) is 9.38. The Labute approximate surface area is 87.7 Å². The van der Waals surface area contributed by atoms with Gasteiger partial charge in [-0.1, -0.05) is 32.0 Å². The fourth-order valence-electron chi connectivity index (χ4n) is 1.10. The van der Waals surface area contributed by atoms with Gasteiger partial charge in [-0.15, -0.1) is 5.10 Å². The molecular weight excluding hydrogens is 198 g/mol. The monoisotopic (exact) mass is 213 g/mol. The van der Waals surface area contributed by atoms with Crippen LogP contribution in [0.2, 0.25) is 0 Å². The van der Waals surface area contributed by atoms with Gasteiger partial charge < -0.3 is 0 Å². The molecule has 0 radical (unpaired) electrons. The van der Waals surface area contributed by atoms with Crippen molar-refractivity contribution in [3.8, 4) is 0 Å². The van der Waals surface area contributed by atoms with Crippen LogP contribution in [0.25, 0.3) is 0 Å². The van der Waals surface area contributed by atoms with E-state index in [1.54, 1.807) is 16.3 Å². The number of hydrogen-bond acceptors (Lipinski definition) is 4. The van der Waals surface area contributed by atoms with Crippen LogP contribution in [-0.4, -0.2) is 20.5 Å². The smallest absolute Gasteiger partial charge is 0.272 e. The summed E-state index contributed by atoms with van der Waals surface area (Å²) >= 11 is 1.56. The quantitative estimate of drug-likeness (QED) is 0.696. The Morgan fingerprint density at radius 2 is 2.29 bits per heavy atom. The maximum atomic E-state index is 11.5. The van der Waals surface area contributed by atoms with E-state index >= 15 is 0 Å². The summed E-state index contributed by atoms with van der Waals surface area (Å²) in [5.41, 5.74) is -0.0515. The van der Waals surface area contributed by atoms with Crippen LogP contribution in [0, 0.1) is 0 Å². The Kier molecular flexibility index (Phi) is 4.65. The van der Waals surface area contributed by atoms with E-state index < -0.39 is 0 Å². The molecule has 0 amide bonds. The number of aromatic nitrogens is 3. The molecule has 0 saturated carbocycles. The molecule has 1 rings (SSSR count). The van der Waals surface area contributed by atoms with Gasteiger partial charge in [0.1, 0.15) is 6.20 Å². The first-order chi connectivity index (χ1) is 6.79. The number of unbranched alkanes of at least 4 members (excludes halogenated alkanes) is 1. The van der Waals surface area contributed by atoms with Crippen molar-refractivity contribution >= 4 is 11.8 Å². The van der Waals surface area contributed by atoms with Gasteiger partial charge in [-0.05, 0) is 12.2 Å². The van der Waals surface area contributed by atoms with E-state index in [1.807, 2.05) is 6.92 Å². The van der Waals surface area contributed by atoms with Crippen LogP contribution in [0.15, 0.2) is 16.1 Å². The second-order valence-corrected chi connectivity index (χ2v) is 4.13. The van der Waals surface area contributed by atoms with Crippen LogP contribution >= 0.6 is 11.8 Å². The van der Waals surface area contributed by atoms with E-state index in [1.165, 1.54) is 6.20 Å². The molecule has 0 aliphatic heterocycles. The van der Waals surface area contributed by atoms with E-state index in [0.717, 1.165) is 30.3 Å². The van der Waals surface area contributed by atoms with Crippen LogP contribution in [0.1, 0.15) is 26.7 Å². The number of rotatable bonds is 5. The van der Waals surface area contributed by atoms with Crippen molar-refractivity contribution in [2.24, 2.45) is 0 Å². The third-order valence-electron chi connectivity index (χ3n) is 1.82. The zero-order valence-electron chi connectivity index (χ0n) is 8.56. The summed E-state index contributed by atoms with van der Waals surface area (Å²) in [6.07, 6.45) is 3.35. The Balaban J connectivity index is 2.90. The minimum absolute atomic E-state index is 0.0515. The first-order valence-corrected chi connectivity index (χ1v) is 5.83. The second kappa shape index (κ2) is 5.80. The van der Waals surface area contributed by atoms with Crippen LogP contribution in [-0.2, 0) is 6.54 Å². The van der Waals surface area contributed by atoms with Crippen molar-refractivity contribution in [1.82, 2.24) is 14.8 Å². The lowest BCUT2D eigenvalue weighted by Crippen LogP contribution is -2.23. The standard InChI is InChI=1S/C9H15N3OS/c1-3-5-6-12-8(13)7-10-11-9(12)14-4-2/h7H,3-6H2,1-2H3. The molecule has 4 nitrogen and oxygen atoms in total. The molecule has 14 heavy (non-hydrogen) atoms. The highest BCUT2D eigenvalue weighted by atomic mass is 32.2. The minimum Gasteiger partial charge on any atom is -0.285 e. The van der Waals surface area contributed by atoms with Gasteiger partial charge >= 0.3 is 0 Å². The molecule has 0 N–H and O–H groups in total. The molecular formula is C9H15N3OS. The lowest BCUT2D eigenvalue weighted by molar-refractivity contribution is 0.533. The van der Waals surface area contributed by atoms with Crippen LogP contribution in [0.3, 0.4) is 0 Å². The first-order valence-electron chi connectivity index (χ1n) is 4.85. The Bertz CT molecular complexity index is 337. The van der Waals surface area contributed by atoms with Crippen molar-refractivity contribution in [3.63, 3.8) is 0 Å². The van der Waals surface area contributed by atoms with E-state index in [0.29, 0.717) is 0 Å². The first kappa shape index (κ1) is 11.2. The summed E-state index contributed by atoms with van der Waals surface area (Å²) in [6.45, 7) is 4.88. The highest BCUT2D eigenvalue weighted by Crippen LogP contribution is 2.11. The van der Waals surface area contributed by atoms with Crippen LogP contribution in [0.5, 0.6) is 0 Å². The maximum absolute atomic E-state index is 11.5. The highest BCUT2D eigenvalue weighted by molar-refractivity contribution is 7.99.